The molecule has 0 aromatic rings. The van der Waals surface area contributed by atoms with Crippen LogP contribution in [0.2, 0.25) is 0 Å². The van der Waals surface area contributed by atoms with E-state index in [4.69, 9.17) is 14.2 Å². The number of allylic oxidation sites excluding steroid dienone is 3. The van der Waals surface area contributed by atoms with Crippen molar-refractivity contribution in [3.05, 3.63) is 22.9 Å². The van der Waals surface area contributed by atoms with E-state index in [9.17, 15) is 10.1 Å². The molecule has 0 amide bonds. The van der Waals surface area contributed by atoms with Crippen LogP contribution >= 0.6 is 0 Å². The number of rotatable bonds is 9. The average Bonchev–Trinajstić information content (AvgIpc) is 2.53. The fourth-order valence-electron chi connectivity index (χ4n) is 2.16. The van der Waals surface area contributed by atoms with Crippen LogP contribution in [0.15, 0.2) is 22.9 Å². The number of nitriles is 1. The smallest absolute Gasteiger partial charge is 0.349 e. The highest BCUT2D eigenvalue weighted by molar-refractivity contribution is 5.94. The SMILES string of the molecule is COCCCNC1=C/C(=C(/C#N)C(=O)OCCOC)CCC1. The monoisotopic (exact) mass is 308 g/mol. The van der Waals surface area contributed by atoms with Crippen LogP contribution in [0.25, 0.3) is 0 Å². The summed E-state index contributed by atoms with van der Waals surface area (Å²) in [5, 5.41) is 12.6. The number of esters is 1. The molecule has 0 saturated heterocycles. The normalized spacial score (nSPS) is 16.5. The summed E-state index contributed by atoms with van der Waals surface area (Å²) in [5.74, 6) is -0.577. The van der Waals surface area contributed by atoms with Crippen LogP contribution in [0.1, 0.15) is 25.7 Å². The van der Waals surface area contributed by atoms with Crippen LogP contribution in [0.3, 0.4) is 0 Å². The lowest BCUT2D eigenvalue weighted by Gasteiger charge is -2.18. The zero-order valence-electron chi connectivity index (χ0n) is 13.3. The molecular formula is C16H24N2O4. The maximum Gasteiger partial charge on any atom is 0.349 e. The molecule has 0 aromatic heterocycles. The van der Waals surface area contributed by atoms with Gasteiger partial charge in [0.25, 0.3) is 0 Å². The molecule has 0 unspecified atom stereocenters. The highest BCUT2D eigenvalue weighted by atomic mass is 16.6. The van der Waals surface area contributed by atoms with Gasteiger partial charge in [0.1, 0.15) is 18.2 Å². The molecule has 6 nitrogen and oxygen atoms in total. The minimum Gasteiger partial charge on any atom is -0.459 e. The van der Waals surface area contributed by atoms with Crippen LogP contribution in [-0.2, 0) is 19.0 Å². The third kappa shape index (κ3) is 6.29. The van der Waals surface area contributed by atoms with E-state index in [1.807, 2.05) is 12.1 Å². The van der Waals surface area contributed by atoms with Crippen LogP contribution < -0.4 is 5.32 Å². The van der Waals surface area contributed by atoms with E-state index in [0.29, 0.717) is 19.6 Å². The molecule has 22 heavy (non-hydrogen) atoms. The summed E-state index contributed by atoms with van der Waals surface area (Å²) in [7, 11) is 3.21. The Morgan fingerprint density at radius 1 is 1.27 bits per heavy atom. The molecule has 0 saturated carbocycles. The van der Waals surface area contributed by atoms with Crippen LogP contribution in [-0.4, -0.2) is 46.6 Å². The van der Waals surface area contributed by atoms with Gasteiger partial charge < -0.3 is 19.5 Å². The van der Waals surface area contributed by atoms with Gasteiger partial charge >= 0.3 is 5.97 Å². The fourth-order valence-corrected chi connectivity index (χ4v) is 2.16. The van der Waals surface area contributed by atoms with E-state index >= 15 is 0 Å². The Bertz CT molecular complexity index is 463. The first-order valence-corrected chi connectivity index (χ1v) is 7.45. The second kappa shape index (κ2) is 10.8. The standard InChI is InChI=1S/C16H24N2O4/c1-20-8-4-7-18-14-6-3-5-13(11-14)15(12-17)16(19)22-10-9-21-2/h11,18H,3-10H2,1-2H3/b15-13-. The van der Waals surface area contributed by atoms with Crippen LogP contribution in [0, 0.1) is 11.3 Å². The molecule has 0 bridgehead atoms. The van der Waals surface area contributed by atoms with Crippen molar-refractivity contribution >= 4 is 5.97 Å². The van der Waals surface area contributed by atoms with Crippen molar-refractivity contribution in [2.24, 2.45) is 0 Å². The van der Waals surface area contributed by atoms with E-state index in [0.717, 1.165) is 37.1 Å². The summed E-state index contributed by atoms with van der Waals surface area (Å²) >= 11 is 0. The molecule has 1 aliphatic rings. The third-order valence-corrected chi connectivity index (χ3v) is 3.28. The number of methoxy groups -OCH3 is 2. The van der Waals surface area contributed by atoms with Crippen molar-refractivity contribution in [3.8, 4) is 6.07 Å². The van der Waals surface area contributed by atoms with Crippen molar-refractivity contribution in [3.63, 3.8) is 0 Å². The Morgan fingerprint density at radius 3 is 2.73 bits per heavy atom. The van der Waals surface area contributed by atoms with E-state index in [2.05, 4.69) is 5.32 Å². The minimum absolute atomic E-state index is 0.0898. The lowest BCUT2D eigenvalue weighted by atomic mass is 9.95. The molecule has 6 heteroatoms. The summed E-state index contributed by atoms with van der Waals surface area (Å²) in [4.78, 5) is 11.9. The fraction of sp³-hybridized carbons (Fsp3) is 0.625. The molecule has 0 radical (unpaired) electrons. The van der Waals surface area contributed by atoms with E-state index in [1.165, 1.54) is 7.11 Å². The number of nitrogens with zero attached hydrogens (tertiary/aromatic N) is 1. The Morgan fingerprint density at radius 2 is 2.05 bits per heavy atom. The van der Waals surface area contributed by atoms with Gasteiger partial charge in [-0.05, 0) is 37.3 Å². The number of nitrogens with one attached hydrogen (secondary N) is 1. The zero-order valence-corrected chi connectivity index (χ0v) is 13.3. The molecule has 122 valence electrons. The predicted molar refractivity (Wildman–Crippen MR) is 81.9 cm³/mol. The Hall–Kier alpha value is -1.84. The molecule has 0 heterocycles. The topological polar surface area (TPSA) is 80.6 Å². The number of hydrogen-bond acceptors (Lipinski definition) is 6. The van der Waals surface area contributed by atoms with Crippen molar-refractivity contribution < 1.29 is 19.0 Å². The third-order valence-electron chi connectivity index (χ3n) is 3.28. The maximum atomic E-state index is 11.9. The molecule has 0 fully saturated rings. The molecule has 0 atom stereocenters. The predicted octanol–water partition coefficient (Wildman–Crippen LogP) is 1.69. The molecule has 1 rings (SSSR count). The number of hydrogen-bond donors (Lipinski definition) is 1. The average molecular weight is 308 g/mol. The quantitative estimate of drug-likeness (QED) is 0.302. The van der Waals surface area contributed by atoms with Gasteiger partial charge in [0.15, 0.2) is 0 Å². The first-order chi connectivity index (χ1) is 10.7. The van der Waals surface area contributed by atoms with Gasteiger partial charge in [-0.15, -0.1) is 0 Å². The lowest BCUT2D eigenvalue weighted by molar-refractivity contribution is -0.139. The highest BCUT2D eigenvalue weighted by Gasteiger charge is 2.18. The molecular weight excluding hydrogens is 284 g/mol. The van der Waals surface area contributed by atoms with E-state index < -0.39 is 5.97 Å². The molecule has 1 N–H and O–H groups in total. The Kier molecular flexibility index (Phi) is 8.96. The van der Waals surface area contributed by atoms with Gasteiger partial charge in [-0.2, -0.15) is 5.26 Å². The largest absolute Gasteiger partial charge is 0.459 e. The molecule has 0 spiro atoms. The number of ether oxygens (including phenoxy) is 3. The number of carbonyl (C=O) groups excluding carboxylic acids is 1. The van der Waals surface area contributed by atoms with Crippen LogP contribution in [0.4, 0.5) is 0 Å². The first kappa shape index (κ1) is 18.2. The number of carbonyl (C=O) groups is 1. The van der Waals surface area contributed by atoms with Crippen molar-refractivity contribution in [2.75, 3.05) is 40.6 Å². The van der Waals surface area contributed by atoms with Gasteiger partial charge in [-0.1, -0.05) is 0 Å². The van der Waals surface area contributed by atoms with Crippen LogP contribution in [0.5, 0.6) is 0 Å². The van der Waals surface area contributed by atoms with E-state index in [1.54, 1.807) is 7.11 Å². The summed E-state index contributed by atoms with van der Waals surface area (Å²) in [6.45, 7) is 1.99. The van der Waals surface area contributed by atoms with Gasteiger partial charge in [0.2, 0.25) is 0 Å². The minimum atomic E-state index is -0.577. The van der Waals surface area contributed by atoms with E-state index in [-0.39, 0.29) is 12.2 Å². The van der Waals surface area contributed by atoms with Gasteiger partial charge in [0.05, 0.1) is 6.61 Å². The summed E-state index contributed by atoms with van der Waals surface area (Å²) in [6, 6.07) is 1.97. The second-order valence-electron chi connectivity index (χ2n) is 4.94. The molecule has 0 aliphatic heterocycles. The van der Waals surface area contributed by atoms with Crippen molar-refractivity contribution in [1.29, 1.82) is 5.26 Å². The lowest BCUT2D eigenvalue weighted by Crippen LogP contribution is -2.19. The first-order valence-electron chi connectivity index (χ1n) is 7.45. The second-order valence-corrected chi connectivity index (χ2v) is 4.94. The van der Waals surface area contributed by atoms with Gasteiger partial charge in [-0.3, -0.25) is 0 Å². The van der Waals surface area contributed by atoms with Gasteiger partial charge in [0, 0.05) is 33.1 Å². The summed E-state index contributed by atoms with van der Waals surface area (Å²) < 4.78 is 14.9. The Balaban J connectivity index is 2.68. The summed E-state index contributed by atoms with van der Waals surface area (Å²) in [5.41, 5.74) is 1.88. The highest BCUT2D eigenvalue weighted by Crippen LogP contribution is 2.24. The molecule has 1 aliphatic carbocycles. The summed E-state index contributed by atoms with van der Waals surface area (Å²) in [6.07, 6.45) is 5.36. The van der Waals surface area contributed by atoms with Crippen molar-refractivity contribution in [2.45, 2.75) is 25.7 Å². The zero-order chi connectivity index (χ0) is 16.2. The van der Waals surface area contributed by atoms with Crippen molar-refractivity contribution in [1.82, 2.24) is 5.32 Å². The van der Waals surface area contributed by atoms with Gasteiger partial charge in [-0.25, -0.2) is 4.79 Å². The Labute approximate surface area is 131 Å². The maximum absolute atomic E-state index is 11.9. The molecule has 0 aromatic carbocycles.